The molecule has 0 bridgehead atoms. The summed E-state index contributed by atoms with van der Waals surface area (Å²) in [5.41, 5.74) is 0.440. The van der Waals surface area contributed by atoms with E-state index in [0.29, 0.717) is 12.3 Å². The maximum Gasteiger partial charge on any atom is 0.265 e. The van der Waals surface area contributed by atoms with Crippen LogP contribution in [0.3, 0.4) is 0 Å². The van der Waals surface area contributed by atoms with Gasteiger partial charge < -0.3 is 14.8 Å². The van der Waals surface area contributed by atoms with Gasteiger partial charge >= 0.3 is 0 Å². The van der Waals surface area contributed by atoms with Gasteiger partial charge in [0.1, 0.15) is 16.4 Å². The summed E-state index contributed by atoms with van der Waals surface area (Å²) < 4.78 is 38.6. The van der Waals surface area contributed by atoms with Crippen molar-refractivity contribution in [3.05, 3.63) is 48.0 Å². The molecule has 0 saturated heterocycles. The average molecular weight is 392 g/mol. The van der Waals surface area contributed by atoms with E-state index < -0.39 is 10.0 Å². The van der Waals surface area contributed by atoms with Crippen molar-refractivity contribution in [2.75, 3.05) is 25.5 Å². The quantitative estimate of drug-likeness (QED) is 0.640. The van der Waals surface area contributed by atoms with Gasteiger partial charge in [0, 0.05) is 12.6 Å². The largest absolute Gasteiger partial charge is 0.497 e. The molecule has 0 aromatic heterocycles. The summed E-state index contributed by atoms with van der Waals surface area (Å²) in [4.78, 5) is 12.3. The summed E-state index contributed by atoms with van der Waals surface area (Å²) >= 11 is 0. The normalized spacial score (nSPS) is 10.9. The molecule has 27 heavy (non-hydrogen) atoms. The number of carbonyl (C=O) groups is 1. The van der Waals surface area contributed by atoms with Crippen LogP contribution in [0.4, 0.5) is 5.69 Å². The minimum atomic E-state index is -4.00. The fourth-order valence-corrected chi connectivity index (χ4v) is 3.70. The van der Waals surface area contributed by atoms with Gasteiger partial charge in [0.15, 0.2) is 0 Å². The van der Waals surface area contributed by atoms with Crippen LogP contribution in [-0.2, 0) is 10.0 Å². The van der Waals surface area contributed by atoms with Gasteiger partial charge in [-0.3, -0.25) is 9.52 Å². The van der Waals surface area contributed by atoms with Crippen LogP contribution >= 0.6 is 0 Å². The number of unbranched alkanes of at least 4 members (excludes halogenated alkanes) is 1. The predicted molar refractivity (Wildman–Crippen MR) is 104 cm³/mol. The number of carbonyl (C=O) groups excluding carboxylic acids is 1. The Balaban J connectivity index is 2.35. The molecule has 0 fully saturated rings. The molecule has 1 amide bonds. The Hall–Kier alpha value is -2.74. The van der Waals surface area contributed by atoms with Gasteiger partial charge in [-0.25, -0.2) is 8.42 Å². The summed E-state index contributed by atoms with van der Waals surface area (Å²) in [5, 5.41) is 2.79. The Labute approximate surface area is 159 Å². The molecular formula is C19H24N2O5S. The molecule has 8 heteroatoms. The first-order chi connectivity index (χ1) is 12.9. The molecule has 0 atom stereocenters. The Morgan fingerprint density at radius 2 is 1.81 bits per heavy atom. The highest BCUT2D eigenvalue weighted by molar-refractivity contribution is 7.92. The molecule has 0 saturated carbocycles. The number of hydrogen-bond acceptors (Lipinski definition) is 5. The maximum atomic E-state index is 12.9. The van der Waals surface area contributed by atoms with Gasteiger partial charge in [-0.15, -0.1) is 0 Å². The van der Waals surface area contributed by atoms with E-state index in [1.54, 1.807) is 30.3 Å². The van der Waals surface area contributed by atoms with Crippen LogP contribution in [0, 0.1) is 0 Å². The molecule has 146 valence electrons. The third kappa shape index (κ3) is 5.13. The molecule has 7 nitrogen and oxygen atoms in total. The number of ether oxygens (including phenoxy) is 2. The van der Waals surface area contributed by atoms with Crippen molar-refractivity contribution in [1.29, 1.82) is 0 Å². The molecule has 0 aliphatic carbocycles. The van der Waals surface area contributed by atoms with Crippen LogP contribution in [0.5, 0.6) is 11.5 Å². The number of benzene rings is 2. The second kappa shape index (κ2) is 9.27. The first kappa shape index (κ1) is 20.6. The fraction of sp³-hybridized carbons (Fsp3) is 0.316. The molecule has 2 aromatic carbocycles. The van der Waals surface area contributed by atoms with Gasteiger partial charge in [-0.2, -0.15) is 0 Å². The molecule has 2 N–H and O–H groups in total. The Morgan fingerprint density at radius 3 is 2.48 bits per heavy atom. The average Bonchev–Trinajstić information content (AvgIpc) is 2.67. The van der Waals surface area contributed by atoms with Crippen molar-refractivity contribution in [3.8, 4) is 11.5 Å². The van der Waals surface area contributed by atoms with E-state index in [0.717, 1.165) is 12.8 Å². The van der Waals surface area contributed by atoms with E-state index in [-0.39, 0.29) is 27.8 Å². The summed E-state index contributed by atoms with van der Waals surface area (Å²) in [6.45, 7) is 2.55. The highest BCUT2D eigenvalue weighted by Gasteiger charge is 2.23. The third-order valence-corrected chi connectivity index (χ3v) is 5.28. The van der Waals surface area contributed by atoms with Crippen molar-refractivity contribution >= 4 is 21.6 Å². The Morgan fingerprint density at radius 1 is 1.07 bits per heavy atom. The third-order valence-electron chi connectivity index (χ3n) is 3.89. The lowest BCUT2D eigenvalue weighted by Crippen LogP contribution is -2.26. The molecule has 0 aliphatic rings. The van der Waals surface area contributed by atoms with Crippen LogP contribution in [0.1, 0.15) is 30.1 Å². The van der Waals surface area contributed by atoms with Gasteiger partial charge in [-0.1, -0.05) is 25.5 Å². The molecule has 0 aliphatic heterocycles. The fourth-order valence-electron chi connectivity index (χ4n) is 2.44. The molecule has 0 radical (unpaired) electrons. The van der Waals surface area contributed by atoms with Crippen molar-refractivity contribution in [1.82, 2.24) is 5.32 Å². The summed E-state index contributed by atoms with van der Waals surface area (Å²) in [6.07, 6.45) is 1.80. The number of amides is 1. The predicted octanol–water partition coefficient (Wildman–Crippen LogP) is 3.03. The molecule has 0 spiro atoms. The van der Waals surface area contributed by atoms with Crippen molar-refractivity contribution < 1.29 is 22.7 Å². The van der Waals surface area contributed by atoms with E-state index in [4.69, 9.17) is 9.47 Å². The lowest BCUT2D eigenvalue weighted by atomic mass is 10.1. The number of anilines is 1. The van der Waals surface area contributed by atoms with Gasteiger partial charge in [-0.05, 0) is 30.7 Å². The second-order valence-corrected chi connectivity index (χ2v) is 7.43. The van der Waals surface area contributed by atoms with Crippen LogP contribution in [0.2, 0.25) is 0 Å². The van der Waals surface area contributed by atoms with E-state index in [9.17, 15) is 13.2 Å². The number of rotatable bonds is 9. The standard InChI is InChI=1S/C19H24N2O5S/c1-4-5-12-20-19(22)15-8-6-7-9-16(15)21-27(23,24)18-13-14(25-2)10-11-17(18)26-3/h6-11,13,21H,4-5,12H2,1-3H3,(H,20,22). The van der Waals surface area contributed by atoms with E-state index in [1.165, 1.54) is 26.4 Å². The number of para-hydroxylation sites is 1. The highest BCUT2D eigenvalue weighted by atomic mass is 32.2. The lowest BCUT2D eigenvalue weighted by molar-refractivity contribution is 0.0954. The zero-order valence-electron chi connectivity index (χ0n) is 15.6. The molecular weight excluding hydrogens is 368 g/mol. The Kier molecular flexibility index (Phi) is 7.06. The Bertz CT molecular complexity index is 897. The van der Waals surface area contributed by atoms with Gasteiger partial charge in [0.25, 0.3) is 15.9 Å². The topological polar surface area (TPSA) is 93.7 Å². The minimum Gasteiger partial charge on any atom is -0.497 e. The maximum absolute atomic E-state index is 12.9. The highest BCUT2D eigenvalue weighted by Crippen LogP contribution is 2.30. The number of hydrogen-bond donors (Lipinski definition) is 2. The zero-order chi connectivity index (χ0) is 19.9. The van der Waals surface area contributed by atoms with Crippen LogP contribution < -0.4 is 19.5 Å². The van der Waals surface area contributed by atoms with E-state index in [2.05, 4.69) is 10.0 Å². The first-order valence-corrected chi connectivity index (χ1v) is 10.0. The number of nitrogens with one attached hydrogen (secondary N) is 2. The van der Waals surface area contributed by atoms with Crippen molar-refractivity contribution in [2.45, 2.75) is 24.7 Å². The second-order valence-electron chi connectivity index (χ2n) is 5.78. The van der Waals surface area contributed by atoms with Crippen LogP contribution in [0.15, 0.2) is 47.4 Å². The smallest absolute Gasteiger partial charge is 0.265 e. The van der Waals surface area contributed by atoms with Crippen LogP contribution in [0.25, 0.3) is 0 Å². The molecule has 0 heterocycles. The van der Waals surface area contributed by atoms with E-state index in [1.807, 2.05) is 6.92 Å². The SMILES string of the molecule is CCCCNC(=O)c1ccccc1NS(=O)(=O)c1cc(OC)ccc1OC. The summed E-state index contributed by atoms with van der Waals surface area (Å²) in [5.74, 6) is 0.217. The summed E-state index contributed by atoms with van der Waals surface area (Å²) in [7, 11) is -1.17. The number of methoxy groups -OCH3 is 2. The van der Waals surface area contributed by atoms with Crippen LogP contribution in [-0.4, -0.2) is 35.1 Å². The van der Waals surface area contributed by atoms with Gasteiger partial charge in [0.05, 0.1) is 25.5 Å². The van der Waals surface area contributed by atoms with Crippen molar-refractivity contribution in [2.24, 2.45) is 0 Å². The zero-order valence-corrected chi connectivity index (χ0v) is 16.4. The molecule has 2 aromatic rings. The minimum absolute atomic E-state index is 0.0782. The van der Waals surface area contributed by atoms with Gasteiger partial charge in [0.2, 0.25) is 0 Å². The monoisotopic (exact) mass is 392 g/mol. The summed E-state index contributed by atoms with van der Waals surface area (Å²) in [6, 6.07) is 10.9. The first-order valence-electron chi connectivity index (χ1n) is 8.55. The molecule has 0 unspecified atom stereocenters. The number of sulfonamides is 1. The van der Waals surface area contributed by atoms with E-state index >= 15 is 0 Å². The molecule has 2 rings (SSSR count). The van der Waals surface area contributed by atoms with Crippen molar-refractivity contribution in [3.63, 3.8) is 0 Å². The lowest BCUT2D eigenvalue weighted by Gasteiger charge is -2.15.